The SMILES string of the molecule is CSc1ccc(Oc2cccc(C#N)c2)cc1. The maximum atomic E-state index is 8.79. The van der Waals surface area contributed by atoms with Crippen LogP contribution in [0.4, 0.5) is 0 Å². The average molecular weight is 241 g/mol. The largest absolute Gasteiger partial charge is 0.457 e. The van der Waals surface area contributed by atoms with Gasteiger partial charge >= 0.3 is 0 Å². The highest BCUT2D eigenvalue weighted by Gasteiger charge is 1.98. The average Bonchev–Trinajstić information content (AvgIpc) is 2.40. The first-order valence-corrected chi connectivity index (χ1v) is 6.36. The number of thioether (sulfide) groups is 1. The second-order valence-electron chi connectivity index (χ2n) is 3.42. The second kappa shape index (κ2) is 5.42. The highest BCUT2D eigenvalue weighted by Crippen LogP contribution is 2.24. The Balaban J connectivity index is 2.16. The van der Waals surface area contributed by atoms with E-state index < -0.39 is 0 Å². The molecular formula is C14H11NOS. The fourth-order valence-corrected chi connectivity index (χ4v) is 1.82. The van der Waals surface area contributed by atoms with Crippen molar-refractivity contribution in [2.75, 3.05) is 6.26 Å². The molecule has 3 heteroatoms. The van der Waals surface area contributed by atoms with Crippen molar-refractivity contribution in [3.8, 4) is 17.6 Å². The van der Waals surface area contributed by atoms with E-state index in [9.17, 15) is 0 Å². The molecule has 0 aliphatic rings. The van der Waals surface area contributed by atoms with Gasteiger partial charge in [-0.15, -0.1) is 11.8 Å². The molecule has 0 atom stereocenters. The molecule has 0 radical (unpaired) electrons. The Bertz CT molecular complexity index is 543. The molecular weight excluding hydrogens is 230 g/mol. The van der Waals surface area contributed by atoms with Crippen LogP contribution >= 0.6 is 11.8 Å². The van der Waals surface area contributed by atoms with Gasteiger partial charge < -0.3 is 4.74 Å². The smallest absolute Gasteiger partial charge is 0.128 e. The summed E-state index contributed by atoms with van der Waals surface area (Å²) in [5.41, 5.74) is 0.600. The summed E-state index contributed by atoms with van der Waals surface area (Å²) in [5.74, 6) is 1.46. The summed E-state index contributed by atoms with van der Waals surface area (Å²) in [6, 6.07) is 17.1. The summed E-state index contributed by atoms with van der Waals surface area (Å²) in [5, 5.41) is 8.79. The molecule has 0 amide bonds. The van der Waals surface area contributed by atoms with Crippen molar-refractivity contribution in [2.45, 2.75) is 4.90 Å². The predicted octanol–water partition coefficient (Wildman–Crippen LogP) is 4.07. The van der Waals surface area contributed by atoms with Crippen molar-refractivity contribution < 1.29 is 4.74 Å². The number of nitrogens with zero attached hydrogens (tertiary/aromatic N) is 1. The van der Waals surface area contributed by atoms with Gasteiger partial charge in [-0.25, -0.2) is 0 Å². The van der Waals surface area contributed by atoms with Crippen LogP contribution in [0.5, 0.6) is 11.5 Å². The first kappa shape index (κ1) is 11.6. The molecule has 0 aromatic heterocycles. The minimum atomic E-state index is 0.600. The Labute approximate surface area is 105 Å². The van der Waals surface area contributed by atoms with Crippen molar-refractivity contribution in [1.29, 1.82) is 5.26 Å². The standard InChI is InChI=1S/C14H11NOS/c1-17-14-7-5-12(6-8-14)16-13-4-2-3-11(9-13)10-15/h2-9H,1H3. The lowest BCUT2D eigenvalue weighted by Crippen LogP contribution is -1.84. The predicted molar refractivity (Wildman–Crippen MR) is 69.5 cm³/mol. The fraction of sp³-hybridized carbons (Fsp3) is 0.0714. The third-order valence-electron chi connectivity index (χ3n) is 2.26. The molecule has 0 saturated carbocycles. The number of ether oxygens (including phenoxy) is 1. The number of nitriles is 1. The molecule has 0 N–H and O–H groups in total. The molecule has 2 nitrogen and oxygen atoms in total. The minimum absolute atomic E-state index is 0.600. The van der Waals surface area contributed by atoms with E-state index in [0.717, 1.165) is 5.75 Å². The molecule has 0 unspecified atom stereocenters. The third-order valence-corrected chi connectivity index (χ3v) is 3.00. The van der Waals surface area contributed by atoms with Gasteiger partial charge in [-0.05, 0) is 48.7 Å². The van der Waals surface area contributed by atoms with E-state index >= 15 is 0 Å². The molecule has 0 fully saturated rings. The Morgan fingerprint density at radius 1 is 1.06 bits per heavy atom. The monoisotopic (exact) mass is 241 g/mol. The van der Waals surface area contributed by atoms with Crippen LogP contribution in [-0.2, 0) is 0 Å². The lowest BCUT2D eigenvalue weighted by Gasteiger charge is -2.06. The van der Waals surface area contributed by atoms with Crippen molar-refractivity contribution in [2.24, 2.45) is 0 Å². The zero-order chi connectivity index (χ0) is 12.1. The van der Waals surface area contributed by atoms with Crippen LogP contribution in [0.2, 0.25) is 0 Å². The lowest BCUT2D eigenvalue weighted by atomic mass is 10.2. The zero-order valence-corrected chi connectivity index (χ0v) is 10.2. The van der Waals surface area contributed by atoms with Gasteiger partial charge in [0.25, 0.3) is 0 Å². The molecule has 0 heterocycles. The van der Waals surface area contributed by atoms with E-state index in [2.05, 4.69) is 6.07 Å². The van der Waals surface area contributed by atoms with E-state index in [1.807, 2.05) is 42.7 Å². The maximum Gasteiger partial charge on any atom is 0.128 e. The van der Waals surface area contributed by atoms with E-state index in [-0.39, 0.29) is 0 Å². The van der Waals surface area contributed by atoms with Crippen molar-refractivity contribution in [1.82, 2.24) is 0 Å². The quantitative estimate of drug-likeness (QED) is 0.759. The van der Waals surface area contributed by atoms with E-state index in [1.165, 1.54) is 4.90 Å². The molecule has 2 aromatic rings. The van der Waals surface area contributed by atoms with Crippen LogP contribution in [0.15, 0.2) is 53.4 Å². The van der Waals surface area contributed by atoms with Crippen LogP contribution in [-0.4, -0.2) is 6.26 Å². The summed E-state index contributed by atoms with van der Waals surface area (Å²) in [6.45, 7) is 0. The number of benzene rings is 2. The Hall–Kier alpha value is -1.92. The topological polar surface area (TPSA) is 33.0 Å². The van der Waals surface area contributed by atoms with E-state index in [0.29, 0.717) is 11.3 Å². The van der Waals surface area contributed by atoms with Gasteiger partial charge in [-0.3, -0.25) is 0 Å². The van der Waals surface area contributed by atoms with Gasteiger partial charge in [0.1, 0.15) is 11.5 Å². The van der Waals surface area contributed by atoms with Gasteiger partial charge in [0.05, 0.1) is 11.6 Å². The number of hydrogen-bond donors (Lipinski definition) is 0. The third kappa shape index (κ3) is 3.02. The summed E-state index contributed by atoms with van der Waals surface area (Å²) >= 11 is 1.69. The first-order valence-electron chi connectivity index (χ1n) is 5.14. The van der Waals surface area contributed by atoms with Crippen LogP contribution < -0.4 is 4.74 Å². The normalized spacial score (nSPS) is 9.65. The van der Waals surface area contributed by atoms with Gasteiger partial charge in [0.2, 0.25) is 0 Å². The van der Waals surface area contributed by atoms with Crippen molar-refractivity contribution >= 4 is 11.8 Å². The summed E-state index contributed by atoms with van der Waals surface area (Å²) in [4.78, 5) is 1.20. The Morgan fingerprint density at radius 2 is 1.82 bits per heavy atom. The summed E-state index contributed by atoms with van der Waals surface area (Å²) in [7, 11) is 0. The molecule has 0 aliphatic carbocycles. The van der Waals surface area contributed by atoms with Crippen LogP contribution in [0.3, 0.4) is 0 Å². The van der Waals surface area contributed by atoms with Crippen LogP contribution in [0, 0.1) is 11.3 Å². The van der Waals surface area contributed by atoms with Crippen LogP contribution in [0.25, 0.3) is 0 Å². The molecule has 0 spiro atoms. The molecule has 0 aliphatic heterocycles. The van der Waals surface area contributed by atoms with Crippen LogP contribution in [0.1, 0.15) is 5.56 Å². The van der Waals surface area contributed by atoms with Gasteiger partial charge in [-0.1, -0.05) is 6.07 Å². The zero-order valence-electron chi connectivity index (χ0n) is 9.38. The molecule has 2 rings (SSSR count). The molecule has 84 valence electrons. The lowest BCUT2D eigenvalue weighted by molar-refractivity contribution is 0.482. The minimum Gasteiger partial charge on any atom is -0.457 e. The highest BCUT2D eigenvalue weighted by molar-refractivity contribution is 7.98. The molecule has 0 bridgehead atoms. The summed E-state index contributed by atoms with van der Waals surface area (Å²) in [6.07, 6.45) is 2.03. The molecule has 2 aromatic carbocycles. The molecule has 0 saturated heterocycles. The second-order valence-corrected chi connectivity index (χ2v) is 4.30. The van der Waals surface area contributed by atoms with Crippen molar-refractivity contribution in [3.63, 3.8) is 0 Å². The van der Waals surface area contributed by atoms with E-state index in [4.69, 9.17) is 10.00 Å². The highest BCUT2D eigenvalue weighted by atomic mass is 32.2. The first-order chi connectivity index (χ1) is 8.31. The fourth-order valence-electron chi connectivity index (χ4n) is 1.41. The molecule has 17 heavy (non-hydrogen) atoms. The Morgan fingerprint density at radius 3 is 2.47 bits per heavy atom. The number of hydrogen-bond acceptors (Lipinski definition) is 3. The summed E-state index contributed by atoms with van der Waals surface area (Å²) < 4.78 is 5.66. The van der Waals surface area contributed by atoms with Gasteiger partial charge in [0, 0.05) is 4.90 Å². The van der Waals surface area contributed by atoms with Gasteiger partial charge in [-0.2, -0.15) is 5.26 Å². The van der Waals surface area contributed by atoms with E-state index in [1.54, 1.807) is 23.9 Å². The van der Waals surface area contributed by atoms with Crippen molar-refractivity contribution in [3.05, 3.63) is 54.1 Å². The Kier molecular flexibility index (Phi) is 3.69. The number of rotatable bonds is 3. The maximum absolute atomic E-state index is 8.79. The van der Waals surface area contributed by atoms with Gasteiger partial charge in [0.15, 0.2) is 0 Å².